The minimum Gasteiger partial charge on any atom is -0.497 e. The summed E-state index contributed by atoms with van der Waals surface area (Å²) in [6, 6.07) is 17.6. The van der Waals surface area contributed by atoms with Gasteiger partial charge in [-0.05, 0) is 30.3 Å². The minimum absolute atomic E-state index is 0.198. The number of aromatic nitrogens is 2. The fourth-order valence-corrected chi connectivity index (χ4v) is 4.91. The predicted molar refractivity (Wildman–Crippen MR) is 126 cm³/mol. The molecule has 1 N–H and O–H groups in total. The second kappa shape index (κ2) is 8.44. The Morgan fingerprint density at radius 1 is 1.09 bits per heavy atom. The molecule has 0 fully saturated rings. The summed E-state index contributed by atoms with van der Waals surface area (Å²) in [6.45, 7) is -0.0509. The predicted octanol–water partition coefficient (Wildman–Crippen LogP) is 3.29. The summed E-state index contributed by atoms with van der Waals surface area (Å²) in [5.41, 5.74) is -0.208. The number of nitrogens with one attached hydrogen (secondary N) is 1. The van der Waals surface area contributed by atoms with Gasteiger partial charge in [0.1, 0.15) is 22.8 Å². The summed E-state index contributed by atoms with van der Waals surface area (Å²) in [4.78, 5) is 39.8. The lowest BCUT2D eigenvalue weighted by Crippen LogP contribution is -2.41. The van der Waals surface area contributed by atoms with E-state index in [4.69, 9.17) is 9.15 Å². The van der Waals surface area contributed by atoms with Crippen LogP contribution >= 0.6 is 11.3 Å². The van der Waals surface area contributed by atoms with Crippen molar-refractivity contribution in [2.75, 3.05) is 7.11 Å². The number of hydrogen-bond acceptors (Lipinski definition) is 6. The van der Waals surface area contributed by atoms with Crippen LogP contribution in [0.25, 0.3) is 26.0 Å². The highest BCUT2D eigenvalue weighted by Crippen LogP contribution is 2.31. The van der Waals surface area contributed by atoms with Gasteiger partial charge in [-0.15, -0.1) is 11.3 Å². The summed E-state index contributed by atoms with van der Waals surface area (Å²) in [7, 11) is 1.51. The van der Waals surface area contributed by atoms with Crippen molar-refractivity contribution in [3.8, 4) is 11.4 Å². The van der Waals surface area contributed by atoms with Gasteiger partial charge in [0.2, 0.25) is 5.91 Å². The Bertz CT molecular complexity index is 1590. The Hall–Kier alpha value is -4.11. The zero-order chi connectivity index (χ0) is 22.9. The first kappa shape index (κ1) is 20.8. The number of rotatable bonds is 6. The lowest BCUT2D eigenvalue weighted by Gasteiger charge is -2.13. The largest absolute Gasteiger partial charge is 0.497 e. The second-order valence-electron chi connectivity index (χ2n) is 7.34. The molecule has 2 aromatic carbocycles. The van der Waals surface area contributed by atoms with E-state index in [1.807, 2.05) is 24.3 Å². The van der Waals surface area contributed by atoms with Gasteiger partial charge in [-0.1, -0.05) is 24.3 Å². The molecule has 0 saturated heterocycles. The standard InChI is InChI=1S/C24H19N3O5S/c1-31-16-7-4-6-15(12-16)27-23(29)22-21(18-9-2-3-10-19(18)33-22)26(24(27)30)14-20(28)25-13-17-8-5-11-32-17/h2-12H,13-14H2,1H3,(H,25,28). The van der Waals surface area contributed by atoms with Gasteiger partial charge in [0.15, 0.2) is 0 Å². The van der Waals surface area contributed by atoms with Gasteiger partial charge < -0.3 is 14.5 Å². The molecule has 9 heteroatoms. The number of benzene rings is 2. The Kier molecular flexibility index (Phi) is 5.31. The number of ether oxygens (including phenoxy) is 1. The third kappa shape index (κ3) is 3.72. The van der Waals surface area contributed by atoms with Gasteiger partial charge >= 0.3 is 5.69 Å². The average Bonchev–Trinajstić information content (AvgIpc) is 3.49. The maximum absolute atomic E-state index is 13.6. The van der Waals surface area contributed by atoms with Crippen molar-refractivity contribution in [1.82, 2.24) is 14.5 Å². The topological polar surface area (TPSA) is 95.5 Å². The van der Waals surface area contributed by atoms with Crippen LogP contribution in [-0.2, 0) is 17.9 Å². The number of furan rings is 1. The number of carbonyl (C=O) groups is 1. The van der Waals surface area contributed by atoms with Crippen molar-refractivity contribution in [1.29, 1.82) is 0 Å². The van der Waals surface area contributed by atoms with Crippen molar-refractivity contribution in [2.45, 2.75) is 13.1 Å². The maximum Gasteiger partial charge on any atom is 0.336 e. The van der Waals surface area contributed by atoms with Crippen LogP contribution in [0.15, 0.2) is 80.9 Å². The van der Waals surface area contributed by atoms with Gasteiger partial charge in [-0.25, -0.2) is 9.36 Å². The molecule has 8 nitrogen and oxygen atoms in total. The van der Waals surface area contributed by atoms with Crippen LogP contribution in [0, 0.1) is 0 Å². The van der Waals surface area contributed by atoms with Gasteiger partial charge in [0.25, 0.3) is 5.56 Å². The Balaban J connectivity index is 1.69. The highest BCUT2D eigenvalue weighted by atomic mass is 32.1. The third-order valence-electron chi connectivity index (χ3n) is 5.31. The lowest BCUT2D eigenvalue weighted by atomic mass is 10.2. The van der Waals surface area contributed by atoms with E-state index in [1.165, 1.54) is 29.3 Å². The van der Waals surface area contributed by atoms with Gasteiger partial charge in [-0.2, -0.15) is 0 Å². The van der Waals surface area contributed by atoms with E-state index in [2.05, 4.69) is 5.32 Å². The third-order valence-corrected chi connectivity index (χ3v) is 6.46. The average molecular weight is 461 g/mol. The smallest absolute Gasteiger partial charge is 0.336 e. The van der Waals surface area contributed by atoms with Crippen LogP contribution in [0.1, 0.15) is 5.76 Å². The molecule has 0 aliphatic heterocycles. The van der Waals surface area contributed by atoms with Crippen LogP contribution in [0.5, 0.6) is 5.75 Å². The number of thiophene rings is 1. The molecule has 0 radical (unpaired) electrons. The van der Waals surface area contributed by atoms with Crippen LogP contribution in [-0.4, -0.2) is 22.2 Å². The summed E-state index contributed by atoms with van der Waals surface area (Å²) < 4.78 is 14.2. The van der Waals surface area contributed by atoms with Crippen molar-refractivity contribution < 1.29 is 13.9 Å². The molecule has 0 atom stereocenters. The van der Waals surface area contributed by atoms with E-state index in [9.17, 15) is 14.4 Å². The highest BCUT2D eigenvalue weighted by Gasteiger charge is 2.21. The Labute approximate surface area is 191 Å². The summed E-state index contributed by atoms with van der Waals surface area (Å²) >= 11 is 1.30. The minimum atomic E-state index is -0.600. The molecule has 5 aromatic rings. The molecule has 0 saturated carbocycles. The van der Waals surface area contributed by atoms with E-state index in [1.54, 1.807) is 36.4 Å². The number of amides is 1. The van der Waals surface area contributed by atoms with Crippen molar-refractivity contribution in [3.63, 3.8) is 0 Å². The van der Waals surface area contributed by atoms with E-state index >= 15 is 0 Å². The number of nitrogens with zero attached hydrogens (tertiary/aromatic N) is 2. The van der Waals surface area contributed by atoms with Crippen LogP contribution in [0.2, 0.25) is 0 Å². The molecule has 0 bridgehead atoms. The van der Waals surface area contributed by atoms with Gasteiger partial charge in [0.05, 0.1) is 31.1 Å². The quantitative estimate of drug-likeness (QED) is 0.419. The van der Waals surface area contributed by atoms with Crippen molar-refractivity contribution in [3.05, 3.63) is 93.5 Å². The summed E-state index contributed by atoms with van der Waals surface area (Å²) in [5.74, 6) is 0.738. The first-order chi connectivity index (χ1) is 16.1. The molecule has 166 valence electrons. The number of hydrogen-bond donors (Lipinski definition) is 1. The lowest BCUT2D eigenvalue weighted by molar-refractivity contribution is -0.121. The number of carbonyl (C=O) groups excluding carboxylic acids is 1. The van der Waals surface area contributed by atoms with E-state index in [0.29, 0.717) is 27.4 Å². The van der Waals surface area contributed by atoms with E-state index < -0.39 is 11.2 Å². The van der Waals surface area contributed by atoms with Crippen LogP contribution < -0.4 is 21.3 Å². The zero-order valence-electron chi connectivity index (χ0n) is 17.6. The molecule has 0 aliphatic rings. The van der Waals surface area contributed by atoms with Gasteiger partial charge in [0, 0.05) is 16.2 Å². The maximum atomic E-state index is 13.6. The Morgan fingerprint density at radius 2 is 1.94 bits per heavy atom. The monoisotopic (exact) mass is 461 g/mol. The molecule has 33 heavy (non-hydrogen) atoms. The fourth-order valence-electron chi connectivity index (χ4n) is 3.77. The first-order valence-electron chi connectivity index (χ1n) is 10.2. The molecule has 0 aliphatic carbocycles. The second-order valence-corrected chi connectivity index (χ2v) is 8.40. The molecule has 0 spiro atoms. The molecule has 5 rings (SSSR count). The first-order valence-corrected chi connectivity index (χ1v) is 11.0. The number of fused-ring (bicyclic) bond motifs is 3. The fraction of sp³-hybridized carbons (Fsp3) is 0.125. The van der Waals surface area contributed by atoms with Gasteiger partial charge in [-0.3, -0.25) is 14.2 Å². The highest BCUT2D eigenvalue weighted by molar-refractivity contribution is 7.25. The van der Waals surface area contributed by atoms with Crippen molar-refractivity contribution in [2.24, 2.45) is 0 Å². The molecule has 1 amide bonds. The summed E-state index contributed by atoms with van der Waals surface area (Å²) in [5, 5.41) is 3.51. The van der Waals surface area contributed by atoms with Crippen LogP contribution in [0.3, 0.4) is 0 Å². The molecule has 3 heterocycles. The van der Waals surface area contributed by atoms with E-state index in [-0.39, 0.29) is 19.0 Å². The summed E-state index contributed by atoms with van der Waals surface area (Å²) in [6.07, 6.45) is 1.52. The zero-order valence-corrected chi connectivity index (χ0v) is 18.4. The Morgan fingerprint density at radius 3 is 2.73 bits per heavy atom. The molecular formula is C24H19N3O5S. The molecule has 3 aromatic heterocycles. The normalized spacial score (nSPS) is 11.2. The number of methoxy groups -OCH3 is 1. The van der Waals surface area contributed by atoms with Crippen LogP contribution in [0.4, 0.5) is 0 Å². The van der Waals surface area contributed by atoms with Crippen molar-refractivity contribution >= 4 is 37.5 Å². The molecule has 0 unspecified atom stereocenters. The SMILES string of the molecule is COc1cccc(-n2c(=O)c3sc4ccccc4c3n(CC(=O)NCc3ccco3)c2=O)c1. The van der Waals surface area contributed by atoms with E-state index in [0.717, 1.165) is 14.7 Å². The molecular weight excluding hydrogens is 442 g/mol.